The zero-order chi connectivity index (χ0) is 20.2. The van der Waals surface area contributed by atoms with Crippen molar-refractivity contribution in [1.82, 2.24) is 0 Å². The Morgan fingerprint density at radius 2 is 1.57 bits per heavy atom. The molecule has 0 aromatic carbocycles. The molecule has 0 radical (unpaired) electrons. The zero-order valence-corrected chi connectivity index (χ0v) is 18.5. The lowest BCUT2D eigenvalue weighted by atomic mass is 9.69. The Labute approximate surface area is 173 Å². The lowest BCUT2D eigenvalue weighted by Gasteiger charge is -2.35. The monoisotopic (exact) mass is 389 g/mol. The van der Waals surface area contributed by atoms with Gasteiger partial charge in [-0.1, -0.05) is 65.2 Å². The number of carbonyl (C=O) groups excluding carboxylic acids is 1. The highest BCUT2D eigenvalue weighted by Crippen LogP contribution is 2.43. The molecule has 0 spiro atoms. The number of ether oxygens (including phenoxy) is 1. The van der Waals surface area contributed by atoms with Crippen molar-refractivity contribution in [3.8, 4) is 6.07 Å². The third kappa shape index (κ3) is 7.41. The maximum atomic E-state index is 12.7. The van der Waals surface area contributed by atoms with Gasteiger partial charge in [-0.3, -0.25) is 4.79 Å². The van der Waals surface area contributed by atoms with Gasteiger partial charge in [0.05, 0.1) is 17.4 Å². The van der Waals surface area contributed by atoms with Crippen LogP contribution in [0, 0.1) is 28.6 Å². The van der Waals surface area contributed by atoms with Gasteiger partial charge in [-0.25, -0.2) is 0 Å². The van der Waals surface area contributed by atoms with Crippen LogP contribution in [0.5, 0.6) is 0 Å². The largest absolute Gasteiger partial charge is 0.462 e. The standard InChI is InChI=1S/C25H43NO2/c1-3-5-7-9-17-25(20-26)18-15-22(16-19-25)24(27)28-23-13-11-21(12-14-23)10-8-6-4-2/h21-23H,3-19H2,1-2H3/t21?,22-,23?,25-. The van der Waals surface area contributed by atoms with Crippen molar-refractivity contribution in [2.75, 3.05) is 0 Å². The van der Waals surface area contributed by atoms with E-state index in [4.69, 9.17) is 4.74 Å². The second-order valence-corrected chi connectivity index (χ2v) is 9.55. The first kappa shape index (κ1) is 23.2. The minimum atomic E-state index is -0.179. The van der Waals surface area contributed by atoms with E-state index >= 15 is 0 Å². The van der Waals surface area contributed by atoms with Gasteiger partial charge in [0.25, 0.3) is 0 Å². The van der Waals surface area contributed by atoms with Crippen molar-refractivity contribution in [3.05, 3.63) is 0 Å². The van der Waals surface area contributed by atoms with Crippen LogP contribution in [0.4, 0.5) is 0 Å². The summed E-state index contributed by atoms with van der Waals surface area (Å²) < 4.78 is 5.90. The van der Waals surface area contributed by atoms with Gasteiger partial charge in [0.15, 0.2) is 0 Å². The molecule has 2 aliphatic carbocycles. The van der Waals surface area contributed by atoms with Gasteiger partial charge in [-0.05, 0) is 63.7 Å². The smallest absolute Gasteiger partial charge is 0.309 e. The van der Waals surface area contributed by atoms with Crippen molar-refractivity contribution in [1.29, 1.82) is 5.26 Å². The molecular weight excluding hydrogens is 346 g/mol. The fourth-order valence-electron chi connectivity index (χ4n) is 5.20. The maximum absolute atomic E-state index is 12.7. The summed E-state index contributed by atoms with van der Waals surface area (Å²) in [5.74, 6) is 0.895. The lowest BCUT2D eigenvalue weighted by molar-refractivity contribution is -0.157. The first-order valence-electron chi connectivity index (χ1n) is 12.2. The summed E-state index contributed by atoms with van der Waals surface area (Å²) in [5, 5.41) is 9.72. The van der Waals surface area contributed by atoms with E-state index in [0.717, 1.165) is 57.3 Å². The molecule has 0 unspecified atom stereocenters. The maximum Gasteiger partial charge on any atom is 0.309 e. The summed E-state index contributed by atoms with van der Waals surface area (Å²) in [6.07, 6.45) is 19.3. The Hall–Kier alpha value is -1.04. The molecule has 0 heterocycles. The molecule has 2 rings (SSSR count). The van der Waals surface area contributed by atoms with Crippen molar-refractivity contribution in [3.63, 3.8) is 0 Å². The van der Waals surface area contributed by atoms with Crippen LogP contribution >= 0.6 is 0 Å². The van der Waals surface area contributed by atoms with Gasteiger partial charge >= 0.3 is 5.97 Å². The number of hydrogen-bond acceptors (Lipinski definition) is 3. The lowest BCUT2D eigenvalue weighted by Crippen LogP contribution is -2.33. The molecule has 28 heavy (non-hydrogen) atoms. The first-order valence-corrected chi connectivity index (χ1v) is 12.2. The van der Waals surface area contributed by atoms with Gasteiger partial charge in [0.2, 0.25) is 0 Å². The normalized spacial score (nSPS) is 30.5. The average molecular weight is 390 g/mol. The molecule has 2 fully saturated rings. The Morgan fingerprint density at radius 1 is 0.929 bits per heavy atom. The van der Waals surface area contributed by atoms with Gasteiger partial charge in [0.1, 0.15) is 6.10 Å². The Kier molecular flexibility index (Phi) is 10.4. The summed E-state index contributed by atoms with van der Waals surface area (Å²) in [6, 6.07) is 2.61. The summed E-state index contributed by atoms with van der Waals surface area (Å²) >= 11 is 0. The highest BCUT2D eigenvalue weighted by atomic mass is 16.5. The number of hydrogen-bond donors (Lipinski definition) is 0. The molecule has 0 saturated heterocycles. The number of carbonyl (C=O) groups is 1. The molecule has 0 aromatic rings. The van der Waals surface area contributed by atoms with E-state index in [0.29, 0.717) is 0 Å². The summed E-state index contributed by atoms with van der Waals surface area (Å²) in [6.45, 7) is 4.48. The van der Waals surface area contributed by atoms with Crippen LogP contribution < -0.4 is 0 Å². The molecule has 2 saturated carbocycles. The fourth-order valence-corrected chi connectivity index (χ4v) is 5.20. The van der Waals surface area contributed by atoms with Gasteiger partial charge < -0.3 is 4.74 Å². The molecule has 3 nitrogen and oxygen atoms in total. The number of esters is 1. The predicted octanol–water partition coefficient (Wildman–Crippen LogP) is 7.34. The van der Waals surface area contributed by atoms with E-state index in [2.05, 4.69) is 19.9 Å². The van der Waals surface area contributed by atoms with Crippen molar-refractivity contribution in [2.45, 2.75) is 129 Å². The fraction of sp³-hybridized carbons (Fsp3) is 0.920. The first-order chi connectivity index (χ1) is 13.6. The van der Waals surface area contributed by atoms with Crippen molar-refractivity contribution < 1.29 is 9.53 Å². The van der Waals surface area contributed by atoms with Crippen LogP contribution in [0.2, 0.25) is 0 Å². The van der Waals surface area contributed by atoms with Crippen LogP contribution in [0.1, 0.15) is 123 Å². The molecule has 160 valence electrons. The molecule has 0 aromatic heterocycles. The molecule has 3 heteroatoms. The number of unbranched alkanes of at least 4 members (excludes halogenated alkanes) is 5. The van der Waals surface area contributed by atoms with E-state index in [1.165, 1.54) is 57.8 Å². The number of rotatable bonds is 11. The van der Waals surface area contributed by atoms with Gasteiger partial charge in [0, 0.05) is 0 Å². The topological polar surface area (TPSA) is 50.1 Å². The molecule has 0 amide bonds. The molecular formula is C25H43NO2. The number of nitrogens with zero attached hydrogens (tertiary/aromatic N) is 1. The van der Waals surface area contributed by atoms with Crippen LogP contribution in [-0.2, 0) is 9.53 Å². The predicted molar refractivity (Wildman–Crippen MR) is 115 cm³/mol. The van der Waals surface area contributed by atoms with E-state index in [-0.39, 0.29) is 23.4 Å². The van der Waals surface area contributed by atoms with Crippen LogP contribution in [0.3, 0.4) is 0 Å². The molecule has 0 aliphatic heterocycles. The van der Waals surface area contributed by atoms with E-state index < -0.39 is 0 Å². The summed E-state index contributed by atoms with van der Waals surface area (Å²) in [4.78, 5) is 12.7. The van der Waals surface area contributed by atoms with Crippen LogP contribution in [-0.4, -0.2) is 12.1 Å². The third-order valence-electron chi connectivity index (χ3n) is 7.31. The summed E-state index contributed by atoms with van der Waals surface area (Å²) in [7, 11) is 0. The highest BCUT2D eigenvalue weighted by molar-refractivity contribution is 5.72. The van der Waals surface area contributed by atoms with E-state index in [1.807, 2.05) is 0 Å². The third-order valence-corrected chi connectivity index (χ3v) is 7.31. The molecule has 0 atom stereocenters. The van der Waals surface area contributed by atoms with Crippen molar-refractivity contribution >= 4 is 5.97 Å². The zero-order valence-electron chi connectivity index (χ0n) is 18.5. The minimum Gasteiger partial charge on any atom is -0.462 e. The second kappa shape index (κ2) is 12.5. The Bertz CT molecular complexity index is 479. The quantitative estimate of drug-likeness (QED) is 0.274. The van der Waals surface area contributed by atoms with E-state index in [9.17, 15) is 10.1 Å². The van der Waals surface area contributed by atoms with Gasteiger partial charge in [-0.15, -0.1) is 0 Å². The highest BCUT2D eigenvalue weighted by Gasteiger charge is 2.38. The average Bonchev–Trinajstić information content (AvgIpc) is 2.73. The van der Waals surface area contributed by atoms with Crippen LogP contribution in [0.25, 0.3) is 0 Å². The Morgan fingerprint density at radius 3 is 2.18 bits per heavy atom. The second-order valence-electron chi connectivity index (χ2n) is 9.55. The molecule has 0 bridgehead atoms. The minimum absolute atomic E-state index is 0.0203. The number of nitriles is 1. The molecule has 0 N–H and O–H groups in total. The van der Waals surface area contributed by atoms with Gasteiger partial charge in [-0.2, -0.15) is 5.26 Å². The Balaban J connectivity index is 1.67. The van der Waals surface area contributed by atoms with E-state index in [1.54, 1.807) is 0 Å². The summed E-state index contributed by atoms with van der Waals surface area (Å²) in [5.41, 5.74) is -0.179. The molecule has 2 aliphatic rings. The van der Waals surface area contributed by atoms with Crippen molar-refractivity contribution in [2.24, 2.45) is 17.3 Å². The SMILES string of the molecule is CCCCCC[C@]1(C#N)CC[C@H](C(=O)OC2CCC(CCCCC)CC2)CC1. The van der Waals surface area contributed by atoms with Crippen LogP contribution in [0.15, 0.2) is 0 Å².